The summed E-state index contributed by atoms with van der Waals surface area (Å²) in [6.07, 6.45) is -4.46. The summed E-state index contributed by atoms with van der Waals surface area (Å²) < 4.78 is 74.4. The van der Waals surface area contributed by atoms with E-state index in [4.69, 9.17) is 4.74 Å². The van der Waals surface area contributed by atoms with Gasteiger partial charge in [-0.3, -0.25) is 4.79 Å². The maximum absolute atomic E-state index is 12.4. The Labute approximate surface area is 163 Å². The molecule has 0 unspecified atom stereocenters. The van der Waals surface area contributed by atoms with Crippen LogP contribution in [-0.4, -0.2) is 32.5 Å². The summed E-state index contributed by atoms with van der Waals surface area (Å²) in [6, 6.07) is 9.50. The minimum atomic E-state index is -4.78. The minimum absolute atomic E-state index is 0.0331. The number of hydrogen-bond acceptors (Lipinski definition) is 4. The summed E-state index contributed by atoms with van der Waals surface area (Å²) in [5, 5.41) is 2.65. The number of hydrogen-bond donors (Lipinski definition) is 1. The molecular weight excluding hydrogens is 401 g/mol. The van der Waals surface area contributed by atoms with Crippen molar-refractivity contribution in [1.29, 1.82) is 0 Å². The van der Waals surface area contributed by atoms with E-state index in [1.807, 2.05) is 0 Å². The fourth-order valence-corrected chi connectivity index (χ4v) is 2.47. The number of methoxy groups -OCH3 is 1. The molecule has 0 aliphatic carbocycles. The molecule has 0 aliphatic heterocycles. The number of ether oxygens (including phenoxy) is 3. The normalized spacial score (nSPS) is 11.3. The molecule has 0 bridgehead atoms. The maximum atomic E-state index is 12.4. The van der Waals surface area contributed by atoms with Gasteiger partial charge >= 0.3 is 13.0 Å². The first kappa shape index (κ1) is 22.3. The minimum Gasteiger partial charge on any atom is -0.493 e. The van der Waals surface area contributed by atoms with Crippen LogP contribution < -0.4 is 19.5 Å². The van der Waals surface area contributed by atoms with Gasteiger partial charge < -0.3 is 19.5 Å². The van der Waals surface area contributed by atoms with Crippen LogP contribution in [0.4, 0.5) is 22.0 Å². The van der Waals surface area contributed by atoms with Gasteiger partial charge in [-0.1, -0.05) is 18.2 Å². The predicted molar refractivity (Wildman–Crippen MR) is 93.2 cm³/mol. The number of amides is 1. The van der Waals surface area contributed by atoms with Crippen molar-refractivity contribution in [1.82, 2.24) is 5.32 Å². The van der Waals surface area contributed by atoms with Crippen LogP contribution in [0.5, 0.6) is 17.2 Å². The number of benzene rings is 2. The Hall–Kier alpha value is -3.04. The molecule has 0 fully saturated rings. The highest BCUT2D eigenvalue weighted by molar-refractivity contribution is 5.78. The van der Waals surface area contributed by atoms with Gasteiger partial charge in [0, 0.05) is 6.54 Å². The average Bonchev–Trinajstić information content (AvgIpc) is 2.62. The second-order valence-corrected chi connectivity index (χ2v) is 5.83. The Morgan fingerprint density at radius 1 is 1.03 bits per heavy atom. The number of carbonyl (C=O) groups is 1. The third-order valence-electron chi connectivity index (χ3n) is 3.70. The zero-order chi connectivity index (χ0) is 21.4. The van der Waals surface area contributed by atoms with E-state index in [0.29, 0.717) is 17.5 Å². The molecule has 0 atom stereocenters. The maximum Gasteiger partial charge on any atom is 0.573 e. The van der Waals surface area contributed by atoms with Gasteiger partial charge in [-0.15, -0.1) is 13.2 Å². The van der Waals surface area contributed by atoms with E-state index in [1.54, 1.807) is 6.07 Å². The summed E-state index contributed by atoms with van der Waals surface area (Å²) in [7, 11) is 1.33. The Morgan fingerprint density at radius 2 is 1.69 bits per heavy atom. The Bertz CT molecular complexity index is 809. The Morgan fingerprint density at radius 3 is 2.28 bits per heavy atom. The van der Waals surface area contributed by atoms with Crippen molar-refractivity contribution in [2.45, 2.75) is 25.8 Å². The van der Waals surface area contributed by atoms with Crippen LogP contribution in [0.2, 0.25) is 0 Å². The molecular formula is C19H18F5NO4. The average molecular weight is 419 g/mol. The highest BCUT2D eigenvalue weighted by Crippen LogP contribution is 2.29. The van der Waals surface area contributed by atoms with Gasteiger partial charge in [-0.2, -0.15) is 8.78 Å². The monoisotopic (exact) mass is 419 g/mol. The molecule has 158 valence electrons. The molecule has 2 rings (SSSR count). The molecule has 5 nitrogen and oxygen atoms in total. The van der Waals surface area contributed by atoms with E-state index in [9.17, 15) is 26.7 Å². The number of rotatable bonds is 9. The smallest absolute Gasteiger partial charge is 0.493 e. The van der Waals surface area contributed by atoms with Crippen molar-refractivity contribution < 1.29 is 41.0 Å². The van der Waals surface area contributed by atoms with Crippen LogP contribution in [0.15, 0.2) is 42.5 Å². The lowest BCUT2D eigenvalue weighted by Crippen LogP contribution is -2.27. The van der Waals surface area contributed by atoms with E-state index < -0.39 is 13.0 Å². The van der Waals surface area contributed by atoms with Crippen molar-refractivity contribution in [3.63, 3.8) is 0 Å². The molecule has 2 aromatic rings. The third kappa shape index (κ3) is 7.84. The number of alkyl halides is 5. The predicted octanol–water partition coefficient (Wildman–Crippen LogP) is 4.10. The van der Waals surface area contributed by atoms with E-state index >= 15 is 0 Å². The van der Waals surface area contributed by atoms with Crippen molar-refractivity contribution in [3.05, 3.63) is 53.6 Å². The van der Waals surface area contributed by atoms with Gasteiger partial charge in [0.05, 0.1) is 13.5 Å². The zero-order valence-electron chi connectivity index (χ0n) is 15.3. The van der Waals surface area contributed by atoms with E-state index in [-0.39, 0.29) is 36.1 Å². The summed E-state index contributed by atoms with van der Waals surface area (Å²) in [4.78, 5) is 12.0. The summed E-state index contributed by atoms with van der Waals surface area (Å²) in [5.74, 6) is -0.654. The third-order valence-corrected chi connectivity index (χ3v) is 3.70. The molecule has 0 aliphatic rings. The van der Waals surface area contributed by atoms with Crippen molar-refractivity contribution in [2.24, 2.45) is 0 Å². The highest BCUT2D eigenvalue weighted by atomic mass is 19.4. The van der Waals surface area contributed by atoms with Crippen LogP contribution in [-0.2, 0) is 17.6 Å². The van der Waals surface area contributed by atoms with Crippen molar-refractivity contribution in [3.8, 4) is 17.2 Å². The van der Waals surface area contributed by atoms with Crippen LogP contribution >= 0.6 is 0 Å². The van der Waals surface area contributed by atoms with Crippen LogP contribution in [0.25, 0.3) is 0 Å². The fourth-order valence-electron chi connectivity index (χ4n) is 2.47. The molecule has 0 spiro atoms. The quantitative estimate of drug-likeness (QED) is 0.622. The zero-order valence-corrected chi connectivity index (χ0v) is 15.3. The van der Waals surface area contributed by atoms with Gasteiger partial charge in [0.15, 0.2) is 11.5 Å². The van der Waals surface area contributed by atoms with Crippen molar-refractivity contribution >= 4 is 5.91 Å². The first-order chi connectivity index (χ1) is 13.7. The first-order valence-corrected chi connectivity index (χ1v) is 8.39. The lowest BCUT2D eigenvalue weighted by Gasteiger charge is -2.12. The summed E-state index contributed by atoms with van der Waals surface area (Å²) >= 11 is 0. The van der Waals surface area contributed by atoms with Crippen molar-refractivity contribution in [2.75, 3.05) is 13.7 Å². The molecule has 29 heavy (non-hydrogen) atoms. The highest BCUT2D eigenvalue weighted by Gasteiger charge is 2.30. The SMILES string of the molecule is COc1ccc(CCNC(=O)Cc2ccc(OC(F)(F)F)cc2)cc1OC(F)F. The molecule has 0 saturated heterocycles. The fraction of sp³-hybridized carbons (Fsp3) is 0.316. The van der Waals surface area contributed by atoms with Crippen LogP contribution in [0.3, 0.4) is 0 Å². The van der Waals surface area contributed by atoms with E-state index in [0.717, 1.165) is 12.1 Å². The molecule has 0 heterocycles. The van der Waals surface area contributed by atoms with E-state index in [2.05, 4.69) is 14.8 Å². The largest absolute Gasteiger partial charge is 0.573 e. The molecule has 2 aromatic carbocycles. The first-order valence-electron chi connectivity index (χ1n) is 8.39. The second kappa shape index (κ2) is 9.94. The summed E-state index contributed by atoms with van der Waals surface area (Å²) in [5.41, 5.74) is 1.16. The van der Waals surface area contributed by atoms with Gasteiger partial charge in [-0.05, 0) is 41.8 Å². The molecule has 0 aromatic heterocycles. The molecule has 0 radical (unpaired) electrons. The Kier molecular flexibility index (Phi) is 7.63. The number of carbonyl (C=O) groups excluding carboxylic acids is 1. The molecule has 10 heteroatoms. The van der Waals surface area contributed by atoms with Crippen LogP contribution in [0, 0.1) is 0 Å². The van der Waals surface area contributed by atoms with Gasteiger partial charge in [0.2, 0.25) is 5.91 Å². The van der Waals surface area contributed by atoms with Gasteiger partial charge in [0.25, 0.3) is 0 Å². The number of nitrogens with one attached hydrogen (secondary N) is 1. The molecule has 1 N–H and O–H groups in total. The Balaban J connectivity index is 1.84. The lowest BCUT2D eigenvalue weighted by molar-refractivity contribution is -0.274. The standard InChI is InChI=1S/C19H18F5NO4/c1-27-15-7-4-13(10-16(15)28-18(20)21)8-9-25-17(26)11-12-2-5-14(6-3-12)29-19(22,23)24/h2-7,10,18H,8-9,11H2,1H3,(H,25,26). The lowest BCUT2D eigenvalue weighted by atomic mass is 10.1. The number of halogens is 5. The van der Waals surface area contributed by atoms with Crippen LogP contribution in [0.1, 0.15) is 11.1 Å². The van der Waals surface area contributed by atoms with Gasteiger partial charge in [-0.25, -0.2) is 0 Å². The van der Waals surface area contributed by atoms with Gasteiger partial charge in [0.1, 0.15) is 5.75 Å². The van der Waals surface area contributed by atoms with E-state index in [1.165, 1.54) is 31.4 Å². The molecule has 0 saturated carbocycles. The summed E-state index contributed by atoms with van der Waals surface area (Å²) in [6.45, 7) is -2.76. The molecule has 1 amide bonds. The second-order valence-electron chi connectivity index (χ2n) is 5.83. The topological polar surface area (TPSA) is 56.8 Å².